The third-order valence-corrected chi connectivity index (χ3v) is 4.26. The summed E-state index contributed by atoms with van der Waals surface area (Å²) in [5.41, 5.74) is 0.449. The number of nitrogens with zero attached hydrogens (tertiary/aromatic N) is 2. The average Bonchev–Trinajstić information content (AvgIpc) is 3.34. The van der Waals surface area contributed by atoms with Crippen LogP contribution in [0.25, 0.3) is 11.8 Å². The van der Waals surface area contributed by atoms with Crippen LogP contribution in [-0.2, 0) is 16.1 Å². The van der Waals surface area contributed by atoms with Crippen molar-refractivity contribution in [2.24, 2.45) is 0 Å². The Balaban J connectivity index is 1.70. The molecular formula is C20H14FN3O4. The largest absolute Gasteiger partial charge is 0.467 e. The van der Waals surface area contributed by atoms with E-state index in [1.807, 2.05) is 0 Å². The fourth-order valence-electron chi connectivity index (χ4n) is 2.92. The number of hydrogen-bond acceptors (Lipinski definition) is 4. The van der Waals surface area contributed by atoms with Gasteiger partial charge in [0.2, 0.25) is 0 Å². The minimum absolute atomic E-state index is 0.114. The number of carbonyl (C=O) groups excluding carboxylic acids is 3. The summed E-state index contributed by atoms with van der Waals surface area (Å²) >= 11 is 0. The molecule has 0 aliphatic carbocycles. The second-order valence-electron chi connectivity index (χ2n) is 6.04. The predicted molar refractivity (Wildman–Crippen MR) is 96.5 cm³/mol. The van der Waals surface area contributed by atoms with Gasteiger partial charge in [0.15, 0.2) is 0 Å². The molecule has 8 heteroatoms. The van der Waals surface area contributed by atoms with Gasteiger partial charge in [-0.3, -0.25) is 19.8 Å². The molecule has 28 heavy (non-hydrogen) atoms. The van der Waals surface area contributed by atoms with Gasteiger partial charge in [0.25, 0.3) is 11.8 Å². The van der Waals surface area contributed by atoms with Crippen LogP contribution < -0.4 is 5.32 Å². The maximum Gasteiger partial charge on any atom is 0.331 e. The van der Waals surface area contributed by atoms with E-state index >= 15 is 0 Å². The van der Waals surface area contributed by atoms with E-state index in [-0.39, 0.29) is 17.8 Å². The second kappa shape index (κ2) is 6.99. The van der Waals surface area contributed by atoms with Gasteiger partial charge in [-0.2, -0.15) is 0 Å². The number of hydrogen-bond donors (Lipinski definition) is 1. The molecule has 0 saturated carbocycles. The van der Waals surface area contributed by atoms with Gasteiger partial charge in [-0.05, 0) is 42.5 Å². The Morgan fingerprint density at radius 2 is 1.86 bits per heavy atom. The number of rotatable bonds is 4. The topological polar surface area (TPSA) is 84.6 Å². The fourth-order valence-corrected chi connectivity index (χ4v) is 2.92. The Bertz CT molecular complexity index is 1100. The number of imide groups is 2. The van der Waals surface area contributed by atoms with Crippen LogP contribution in [0.4, 0.5) is 9.18 Å². The monoisotopic (exact) mass is 379 g/mol. The maximum atomic E-state index is 14.1. The summed E-state index contributed by atoms with van der Waals surface area (Å²) in [4.78, 5) is 38.0. The van der Waals surface area contributed by atoms with E-state index < -0.39 is 23.7 Å². The molecular weight excluding hydrogens is 365 g/mol. The Morgan fingerprint density at radius 3 is 2.61 bits per heavy atom. The summed E-state index contributed by atoms with van der Waals surface area (Å²) in [5.74, 6) is -1.63. The predicted octanol–water partition coefficient (Wildman–Crippen LogP) is 2.87. The molecule has 4 rings (SSSR count). The second-order valence-corrected chi connectivity index (χ2v) is 6.04. The van der Waals surface area contributed by atoms with Crippen LogP contribution in [0.3, 0.4) is 0 Å². The van der Waals surface area contributed by atoms with Gasteiger partial charge in [0.05, 0.1) is 18.5 Å². The van der Waals surface area contributed by atoms with Crippen LogP contribution in [0.15, 0.2) is 71.0 Å². The number of nitrogens with one attached hydrogen (secondary N) is 1. The van der Waals surface area contributed by atoms with Crippen molar-refractivity contribution < 1.29 is 23.2 Å². The Labute approximate surface area is 158 Å². The molecule has 1 saturated heterocycles. The summed E-state index contributed by atoms with van der Waals surface area (Å²) in [5, 5.41) is 2.14. The highest BCUT2D eigenvalue weighted by atomic mass is 19.1. The Hall–Kier alpha value is -3.94. The number of barbiturate groups is 1. The molecule has 3 aromatic rings. The van der Waals surface area contributed by atoms with Crippen molar-refractivity contribution in [2.75, 3.05) is 0 Å². The minimum atomic E-state index is -0.826. The van der Waals surface area contributed by atoms with Crippen molar-refractivity contribution in [1.29, 1.82) is 0 Å². The summed E-state index contributed by atoms with van der Waals surface area (Å²) in [6.45, 7) is -0.114. The molecule has 1 aromatic carbocycles. The van der Waals surface area contributed by atoms with Gasteiger partial charge < -0.3 is 8.98 Å². The highest BCUT2D eigenvalue weighted by molar-refractivity contribution is 6.30. The molecule has 4 amide bonds. The minimum Gasteiger partial charge on any atom is -0.467 e. The van der Waals surface area contributed by atoms with Crippen molar-refractivity contribution >= 4 is 23.9 Å². The first kappa shape index (κ1) is 17.5. The summed E-state index contributed by atoms with van der Waals surface area (Å²) in [6, 6.07) is 11.8. The third kappa shape index (κ3) is 3.11. The van der Waals surface area contributed by atoms with E-state index in [0.29, 0.717) is 11.5 Å². The average molecular weight is 379 g/mol. The first-order chi connectivity index (χ1) is 13.5. The van der Waals surface area contributed by atoms with E-state index in [2.05, 4.69) is 5.32 Å². The highest BCUT2D eigenvalue weighted by Crippen LogP contribution is 2.21. The van der Waals surface area contributed by atoms with Crippen LogP contribution in [0.1, 0.15) is 11.5 Å². The van der Waals surface area contributed by atoms with Crippen LogP contribution in [0.5, 0.6) is 0 Å². The van der Waals surface area contributed by atoms with Gasteiger partial charge >= 0.3 is 6.03 Å². The van der Waals surface area contributed by atoms with E-state index in [1.165, 1.54) is 23.0 Å². The molecule has 1 N–H and O–H groups in total. The molecule has 140 valence electrons. The quantitative estimate of drug-likeness (QED) is 0.558. The molecule has 2 aromatic heterocycles. The molecule has 0 unspecified atom stereocenters. The zero-order valence-electron chi connectivity index (χ0n) is 14.5. The molecule has 0 radical (unpaired) electrons. The molecule has 1 aliphatic heterocycles. The maximum absolute atomic E-state index is 14.1. The summed E-state index contributed by atoms with van der Waals surface area (Å²) < 4.78 is 20.8. The lowest BCUT2D eigenvalue weighted by Gasteiger charge is -2.25. The van der Waals surface area contributed by atoms with Gasteiger partial charge in [0.1, 0.15) is 17.2 Å². The van der Waals surface area contributed by atoms with Crippen molar-refractivity contribution in [2.45, 2.75) is 6.54 Å². The van der Waals surface area contributed by atoms with Gasteiger partial charge in [-0.15, -0.1) is 0 Å². The van der Waals surface area contributed by atoms with E-state index in [9.17, 15) is 18.8 Å². The van der Waals surface area contributed by atoms with E-state index in [4.69, 9.17) is 4.42 Å². The standard InChI is InChI=1S/C20H14FN3O4/c21-16-7-1-2-8-17(16)23-9-3-5-13(23)11-15-18(25)22-20(27)24(19(15)26)12-14-6-4-10-28-14/h1-11H,12H2,(H,22,25,27)/b15-11+. The summed E-state index contributed by atoms with van der Waals surface area (Å²) in [6.07, 6.45) is 4.36. The molecule has 7 nitrogen and oxygen atoms in total. The number of aromatic nitrogens is 1. The highest BCUT2D eigenvalue weighted by Gasteiger charge is 2.36. The van der Waals surface area contributed by atoms with Crippen LogP contribution in [0.2, 0.25) is 0 Å². The number of benzene rings is 1. The number of urea groups is 1. The van der Waals surface area contributed by atoms with Crippen molar-refractivity contribution in [1.82, 2.24) is 14.8 Å². The number of amides is 4. The van der Waals surface area contributed by atoms with Gasteiger partial charge in [-0.25, -0.2) is 9.18 Å². The Morgan fingerprint density at radius 1 is 1.04 bits per heavy atom. The number of para-hydroxylation sites is 1. The molecule has 1 fully saturated rings. The number of furan rings is 1. The van der Waals surface area contributed by atoms with Crippen LogP contribution in [-0.4, -0.2) is 27.3 Å². The number of carbonyl (C=O) groups is 3. The first-order valence-electron chi connectivity index (χ1n) is 8.38. The molecule has 3 heterocycles. The zero-order valence-corrected chi connectivity index (χ0v) is 14.5. The lowest BCUT2D eigenvalue weighted by atomic mass is 10.1. The Kier molecular flexibility index (Phi) is 4.36. The molecule has 1 aliphatic rings. The lowest BCUT2D eigenvalue weighted by molar-refractivity contribution is -0.130. The normalized spacial score (nSPS) is 16.0. The lowest BCUT2D eigenvalue weighted by Crippen LogP contribution is -2.53. The van der Waals surface area contributed by atoms with Crippen LogP contribution in [0, 0.1) is 5.82 Å². The van der Waals surface area contributed by atoms with Crippen LogP contribution >= 0.6 is 0 Å². The van der Waals surface area contributed by atoms with Gasteiger partial charge in [-0.1, -0.05) is 12.1 Å². The smallest absolute Gasteiger partial charge is 0.331 e. The number of halogens is 1. The summed E-state index contributed by atoms with van der Waals surface area (Å²) in [7, 11) is 0. The fraction of sp³-hybridized carbons (Fsp3) is 0.0500. The SMILES string of the molecule is O=C1NC(=O)N(Cc2ccco2)C(=O)/C1=C/c1cccn1-c1ccccc1F. The van der Waals surface area contributed by atoms with Gasteiger partial charge in [0, 0.05) is 11.9 Å². The molecule has 0 bridgehead atoms. The van der Waals surface area contributed by atoms with Crippen molar-refractivity contribution in [3.8, 4) is 5.69 Å². The van der Waals surface area contributed by atoms with Crippen molar-refractivity contribution in [3.05, 3.63) is 83.8 Å². The molecule has 0 atom stereocenters. The first-order valence-corrected chi connectivity index (χ1v) is 8.38. The molecule has 0 spiro atoms. The zero-order chi connectivity index (χ0) is 19.7. The van der Waals surface area contributed by atoms with Crippen molar-refractivity contribution in [3.63, 3.8) is 0 Å². The third-order valence-electron chi connectivity index (χ3n) is 4.26. The van der Waals surface area contributed by atoms with E-state index in [0.717, 1.165) is 4.90 Å². The van der Waals surface area contributed by atoms with E-state index in [1.54, 1.807) is 48.7 Å².